The number of nitrogens with one attached hydrogen (secondary N) is 1. The van der Waals surface area contributed by atoms with Crippen LogP contribution in [0.15, 0.2) is 29.3 Å². The zero-order valence-corrected chi connectivity index (χ0v) is 20.8. The second kappa shape index (κ2) is 11.2. The summed E-state index contributed by atoms with van der Waals surface area (Å²) >= 11 is 0. The molecular formula is C27H38N4O5. The second-order valence-corrected chi connectivity index (χ2v) is 10.7. The highest BCUT2D eigenvalue weighted by Gasteiger charge is 2.60. The Morgan fingerprint density at radius 3 is 2.61 bits per heavy atom. The monoisotopic (exact) mass is 498 g/mol. The highest BCUT2D eigenvalue weighted by Crippen LogP contribution is 2.40. The van der Waals surface area contributed by atoms with Crippen LogP contribution in [0.1, 0.15) is 56.9 Å². The molecule has 9 heteroatoms. The number of Topliss-reactive ketones (excluding diaryl/α,β-unsaturated/α-hetero) is 1. The van der Waals surface area contributed by atoms with Crippen LogP contribution in [-0.4, -0.2) is 76.3 Å². The minimum Gasteiger partial charge on any atom is -0.481 e. The molecule has 3 aliphatic heterocycles. The summed E-state index contributed by atoms with van der Waals surface area (Å²) in [4.78, 5) is 44.6. The first kappa shape index (κ1) is 26.4. The van der Waals surface area contributed by atoms with E-state index in [0.29, 0.717) is 37.4 Å². The number of carbonyl (C=O) groups is 3. The Bertz CT molecular complexity index is 1010. The Hall–Kier alpha value is -2.62. The number of hydrogen-bond donors (Lipinski definition) is 4. The van der Waals surface area contributed by atoms with E-state index in [2.05, 4.69) is 10.3 Å². The number of hydrogen-bond acceptors (Lipinski definition) is 7. The summed E-state index contributed by atoms with van der Waals surface area (Å²) in [6.07, 6.45) is 6.51. The van der Waals surface area contributed by atoms with E-state index in [1.807, 2.05) is 24.3 Å². The van der Waals surface area contributed by atoms with Gasteiger partial charge in [0.25, 0.3) is 0 Å². The van der Waals surface area contributed by atoms with Crippen LogP contribution in [0.3, 0.4) is 0 Å². The smallest absolute Gasteiger partial charge is 0.327 e. The van der Waals surface area contributed by atoms with E-state index in [9.17, 15) is 24.6 Å². The van der Waals surface area contributed by atoms with Crippen molar-refractivity contribution in [2.45, 2.75) is 68.9 Å². The number of nitrogens with two attached hydrogens (primary N) is 1. The van der Waals surface area contributed by atoms with Crippen molar-refractivity contribution in [1.29, 1.82) is 0 Å². The van der Waals surface area contributed by atoms with Crippen LogP contribution in [-0.2, 0) is 20.8 Å². The van der Waals surface area contributed by atoms with Gasteiger partial charge in [0, 0.05) is 31.5 Å². The maximum Gasteiger partial charge on any atom is 0.327 e. The molecule has 0 aliphatic carbocycles. The van der Waals surface area contributed by atoms with Gasteiger partial charge in [0.2, 0.25) is 0 Å². The fourth-order valence-corrected chi connectivity index (χ4v) is 6.26. The summed E-state index contributed by atoms with van der Waals surface area (Å²) in [7, 11) is 0. The largest absolute Gasteiger partial charge is 0.481 e. The second-order valence-electron chi connectivity index (χ2n) is 10.7. The number of carbonyl (C=O) groups excluding carboxylic acids is 1. The lowest BCUT2D eigenvalue weighted by atomic mass is 9.69. The Labute approximate surface area is 212 Å². The lowest BCUT2D eigenvalue weighted by molar-refractivity contribution is -0.163. The minimum absolute atomic E-state index is 0.142. The van der Waals surface area contributed by atoms with Crippen LogP contribution in [0, 0.1) is 11.8 Å². The first-order valence-electron chi connectivity index (χ1n) is 13.1. The molecule has 3 aliphatic rings. The Balaban J connectivity index is 1.61. The van der Waals surface area contributed by atoms with Crippen molar-refractivity contribution in [3.8, 4) is 0 Å². The number of carboxylic acids is 2. The first-order chi connectivity index (χ1) is 17.2. The van der Waals surface area contributed by atoms with E-state index >= 15 is 0 Å². The molecule has 2 saturated heterocycles. The van der Waals surface area contributed by atoms with Gasteiger partial charge in [-0.2, -0.15) is 0 Å². The first-order valence-corrected chi connectivity index (χ1v) is 13.1. The molecule has 2 fully saturated rings. The van der Waals surface area contributed by atoms with Gasteiger partial charge in [-0.3, -0.25) is 24.3 Å². The molecule has 36 heavy (non-hydrogen) atoms. The summed E-state index contributed by atoms with van der Waals surface area (Å²) in [5.41, 5.74) is 4.83. The van der Waals surface area contributed by atoms with E-state index < -0.39 is 29.4 Å². The SMILES string of the molecule is NC1(C(CC(=O)O)(C(=O)O)N2CCCCC(C(=O)CCC3CCNCC3)C2)C=Nc2ccccc2C1. The van der Waals surface area contributed by atoms with E-state index in [0.717, 1.165) is 44.3 Å². The number of likely N-dealkylation sites (tertiary alicyclic amines) is 1. The minimum atomic E-state index is -1.94. The number of benzene rings is 1. The predicted molar refractivity (Wildman–Crippen MR) is 137 cm³/mol. The molecule has 0 bridgehead atoms. The topological polar surface area (TPSA) is 145 Å². The number of para-hydroxylation sites is 1. The Kier molecular flexibility index (Phi) is 8.22. The molecule has 196 valence electrons. The van der Waals surface area contributed by atoms with E-state index in [-0.39, 0.29) is 24.7 Å². The van der Waals surface area contributed by atoms with Crippen molar-refractivity contribution >= 4 is 29.6 Å². The zero-order valence-electron chi connectivity index (χ0n) is 20.8. The predicted octanol–water partition coefficient (Wildman–Crippen LogP) is 2.39. The van der Waals surface area contributed by atoms with Crippen molar-refractivity contribution in [3.63, 3.8) is 0 Å². The average molecular weight is 499 g/mol. The van der Waals surface area contributed by atoms with Gasteiger partial charge in [-0.1, -0.05) is 24.6 Å². The van der Waals surface area contributed by atoms with Crippen LogP contribution in [0.2, 0.25) is 0 Å². The van der Waals surface area contributed by atoms with Gasteiger partial charge in [-0.15, -0.1) is 0 Å². The maximum absolute atomic E-state index is 13.3. The normalized spacial score (nSPS) is 27.0. The number of aliphatic carboxylic acids is 2. The quantitative estimate of drug-likeness (QED) is 0.406. The fourth-order valence-electron chi connectivity index (χ4n) is 6.26. The third-order valence-corrected chi connectivity index (χ3v) is 8.36. The van der Waals surface area contributed by atoms with Crippen molar-refractivity contribution in [1.82, 2.24) is 10.2 Å². The van der Waals surface area contributed by atoms with Gasteiger partial charge < -0.3 is 21.3 Å². The van der Waals surface area contributed by atoms with Gasteiger partial charge in [0.1, 0.15) is 5.78 Å². The van der Waals surface area contributed by atoms with Crippen LogP contribution < -0.4 is 11.1 Å². The molecule has 3 atom stereocenters. The maximum atomic E-state index is 13.3. The molecule has 3 heterocycles. The molecule has 3 unspecified atom stereocenters. The molecule has 0 spiro atoms. The lowest BCUT2D eigenvalue weighted by Crippen LogP contribution is -2.75. The number of nitrogens with zero attached hydrogens (tertiary/aromatic N) is 2. The number of rotatable bonds is 9. The fraction of sp³-hybridized carbons (Fsp3) is 0.630. The van der Waals surface area contributed by atoms with Crippen LogP contribution >= 0.6 is 0 Å². The van der Waals surface area contributed by atoms with Gasteiger partial charge in [-0.05, 0) is 69.3 Å². The third-order valence-electron chi connectivity index (χ3n) is 8.36. The van der Waals surface area contributed by atoms with Crippen LogP contribution in [0.5, 0.6) is 0 Å². The zero-order chi connectivity index (χ0) is 25.8. The van der Waals surface area contributed by atoms with Crippen LogP contribution in [0.25, 0.3) is 0 Å². The molecule has 1 aromatic rings. The van der Waals surface area contributed by atoms with Crippen molar-refractivity contribution in [2.75, 3.05) is 26.2 Å². The van der Waals surface area contributed by atoms with Gasteiger partial charge in [0.05, 0.1) is 17.6 Å². The number of ketones is 1. The van der Waals surface area contributed by atoms with Crippen molar-refractivity contribution < 1.29 is 24.6 Å². The number of carboxylic acid groups (broad SMARTS) is 2. The molecule has 0 aromatic heterocycles. The number of aliphatic imine (C=N–C) groups is 1. The molecule has 4 rings (SSSR count). The molecular weight excluding hydrogens is 460 g/mol. The molecule has 1 aromatic carbocycles. The number of piperidine rings is 1. The van der Waals surface area contributed by atoms with Gasteiger partial charge >= 0.3 is 11.9 Å². The van der Waals surface area contributed by atoms with Crippen molar-refractivity contribution in [2.24, 2.45) is 22.6 Å². The van der Waals surface area contributed by atoms with Gasteiger partial charge in [0.15, 0.2) is 5.54 Å². The van der Waals surface area contributed by atoms with Crippen molar-refractivity contribution in [3.05, 3.63) is 29.8 Å². The summed E-state index contributed by atoms with van der Waals surface area (Å²) in [6.45, 7) is 2.52. The molecule has 0 saturated carbocycles. The highest BCUT2D eigenvalue weighted by atomic mass is 16.4. The molecule has 0 radical (unpaired) electrons. The van der Waals surface area contributed by atoms with Crippen LogP contribution in [0.4, 0.5) is 5.69 Å². The lowest BCUT2D eigenvalue weighted by Gasteiger charge is -2.50. The Morgan fingerprint density at radius 2 is 1.89 bits per heavy atom. The standard InChI is InChI=1S/C27H38N4O5/c28-26(15-20-5-1-2-7-22(20)30-18-26)27(25(35)36,16-24(33)34)31-14-4-3-6-21(17-31)23(32)9-8-19-10-12-29-13-11-19/h1-2,5,7,18-19,21,29H,3-4,6,8-17,28H2,(H,33,34)(H,35,36). The Morgan fingerprint density at radius 1 is 1.14 bits per heavy atom. The summed E-state index contributed by atoms with van der Waals surface area (Å²) in [5.74, 6) is -2.19. The number of fused-ring (bicyclic) bond motifs is 1. The molecule has 0 amide bonds. The summed E-state index contributed by atoms with van der Waals surface area (Å²) in [6, 6.07) is 7.35. The molecule has 5 N–H and O–H groups in total. The van der Waals surface area contributed by atoms with E-state index in [4.69, 9.17) is 5.73 Å². The van der Waals surface area contributed by atoms with E-state index in [1.54, 1.807) is 4.90 Å². The van der Waals surface area contributed by atoms with E-state index in [1.165, 1.54) is 6.21 Å². The average Bonchev–Trinajstić information content (AvgIpc) is 3.12. The molecule has 9 nitrogen and oxygen atoms in total. The third kappa shape index (κ3) is 5.38. The highest BCUT2D eigenvalue weighted by molar-refractivity contribution is 5.95. The summed E-state index contributed by atoms with van der Waals surface area (Å²) < 4.78 is 0. The van der Waals surface area contributed by atoms with Gasteiger partial charge in [-0.25, -0.2) is 0 Å². The summed E-state index contributed by atoms with van der Waals surface area (Å²) in [5, 5.41) is 23.9.